The van der Waals surface area contributed by atoms with Gasteiger partial charge in [0.05, 0.1) is 25.2 Å². The third kappa shape index (κ3) is 43.1. The van der Waals surface area contributed by atoms with Crippen LogP contribution < -0.4 is 5.32 Å². The highest BCUT2D eigenvalue weighted by Crippen LogP contribution is 2.18. The van der Waals surface area contributed by atoms with Gasteiger partial charge >= 0.3 is 5.97 Å². The zero-order valence-electron chi connectivity index (χ0n) is 39.9. The van der Waals surface area contributed by atoms with Crippen molar-refractivity contribution < 1.29 is 24.5 Å². The normalized spacial score (nSPS) is 13.2. The summed E-state index contributed by atoms with van der Waals surface area (Å²) in [5, 5.41) is 23.7. The molecule has 0 rings (SSSR count). The van der Waals surface area contributed by atoms with E-state index in [0.717, 1.165) is 57.8 Å². The van der Waals surface area contributed by atoms with Crippen LogP contribution in [-0.2, 0) is 14.3 Å². The fourth-order valence-corrected chi connectivity index (χ4v) is 8.31. The molecule has 0 bridgehead atoms. The van der Waals surface area contributed by atoms with Crippen LogP contribution in [0.5, 0.6) is 0 Å². The molecule has 350 valence electrons. The first kappa shape index (κ1) is 57.6. The van der Waals surface area contributed by atoms with Gasteiger partial charge in [-0.25, -0.2) is 0 Å². The number of carbonyl (C=O) groups is 2. The summed E-state index contributed by atoms with van der Waals surface area (Å²) in [5.74, 6) is -0.464. The van der Waals surface area contributed by atoms with E-state index in [0.29, 0.717) is 19.3 Å². The Kier molecular flexibility index (Phi) is 46.5. The Labute approximate surface area is 368 Å². The van der Waals surface area contributed by atoms with Crippen LogP contribution >= 0.6 is 0 Å². The van der Waals surface area contributed by atoms with Crippen molar-refractivity contribution in [3.8, 4) is 0 Å². The number of carbonyl (C=O) groups excluding carboxylic acids is 2. The zero-order valence-corrected chi connectivity index (χ0v) is 39.9. The van der Waals surface area contributed by atoms with E-state index in [1.165, 1.54) is 186 Å². The average molecular weight is 834 g/mol. The molecule has 0 saturated carbocycles. The van der Waals surface area contributed by atoms with E-state index in [4.69, 9.17) is 4.74 Å². The van der Waals surface area contributed by atoms with Gasteiger partial charge in [-0.3, -0.25) is 9.59 Å². The summed E-state index contributed by atoms with van der Waals surface area (Å²) in [5.41, 5.74) is 0. The van der Waals surface area contributed by atoms with Gasteiger partial charge in [0.2, 0.25) is 5.91 Å². The maximum atomic E-state index is 13.2. The molecule has 3 N–H and O–H groups in total. The molecule has 3 unspecified atom stereocenters. The first-order valence-corrected chi connectivity index (χ1v) is 26.4. The van der Waals surface area contributed by atoms with Crippen molar-refractivity contribution >= 4 is 11.9 Å². The number of nitrogens with one attached hydrogen (secondary N) is 1. The third-order valence-electron chi connectivity index (χ3n) is 12.3. The fourth-order valence-electron chi connectivity index (χ4n) is 8.31. The van der Waals surface area contributed by atoms with Crippen LogP contribution in [0, 0.1) is 0 Å². The Morgan fingerprint density at radius 3 is 1.20 bits per heavy atom. The summed E-state index contributed by atoms with van der Waals surface area (Å²) < 4.78 is 5.94. The van der Waals surface area contributed by atoms with Gasteiger partial charge in [0.15, 0.2) is 0 Å². The van der Waals surface area contributed by atoms with Crippen LogP contribution in [-0.4, -0.2) is 46.9 Å². The van der Waals surface area contributed by atoms with Crippen LogP contribution in [0.1, 0.15) is 290 Å². The molecule has 0 aromatic rings. The van der Waals surface area contributed by atoms with Gasteiger partial charge in [-0.1, -0.05) is 238 Å². The summed E-state index contributed by atoms with van der Waals surface area (Å²) in [6.07, 6.45) is 52.7. The van der Waals surface area contributed by atoms with Crippen LogP contribution in [0.15, 0.2) is 12.2 Å². The lowest BCUT2D eigenvalue weighted by Gasteiger charge is -2.24. The molecular weight excluding hydrogens is 731 g/mol. The average Bonchev–Trinajstić information content (AvgIpc) is 3.23. The zero-order chi connectivity index (χ0) is 43.1. The standard InChI is InChI=1S/C53H103NO5/c1-4-7-10-13-16-19-22-24-26-27-30-32-35-38-41-44-49(59-53(58)46-43-40-37-34-31-28-25-23-20-17-14-11-8-5-2)47-52(57)54-50(48-55)51(56)45-42-39-36-33-29-21-18-15-12-9-6-3/h24,26,49-51,55-56H,4-23,25,27-48H2,1-3H3,(H,54,57)/b26-24+. The number of rotatable bonds is 48. The second-order valence-corrected chi connectivity index (χ2v) is 18.3. The van der Waals surface area contributed by atoms with E-state index >= 15 is 0 Å². The summed E-state index contributed by atoms with van der Waals surface area (Å²) in [4.78, 5) is 26.1. The molecule has 0 aliphatic carbocycles. The van der Waals surface area contributed by atoms with Crippen LogP contribution in [0.3, 0.4) is 0 Å². The largest absolute Gasteiger partial charge is 0.462 e. The predicted octanol–water partition coefficient (Wildman–Crippen LogP) is 15.7. The number of ether oxygens (including phenoxy) is 1. The second kappa shape index (κ2) is 47.6. The van der Waals surface area contributed by atoms with Crippen molar-refractivity contribution in [1.82, 2.24) is 5.32 Å². The molecular formula is C53H103NO5. The molecule has 6 nitrogen and oxygen atoms in total. The quantitative estimate of drug-likeness (QED) is 0.0322. The molecule has 6 heteroatoms. The predicted molar refractivity (Wildman–Crippen MR) is 255 cm³/mol. The summed E-state index contributed by atoms with van der Waals surface area (Å²) in [6, 6.07) is -0.697. The van der Waals surface area contributed by atoms with Crippen molar-refractivity contribution in [2.75, 3.05) is 6.61 Å². The number of unbranched alkanes of at least 4 members (excludes halogenated alkanes) is 34. The van der Waals surface area contributed by atoms with Crippen molar-refractivity contribution in [3.63, 3.8) is 0 Å². The Hall–Kier alpha value is -1.40. The van der Waals surface area contributed by atoms with Gasteiger partial charge in [-0.15, -0.1) is 0 Å². The highest BCUT2D eigenvalue weighted by Gasteiger charge is 2.24. The molecule has 0 heterocycles. The van der Waals surface area contributed by atoms with Gasteiger partial charge in [-0.2, -0.15) is 0 Å². The highest BCUT2D eigenvalue weighted by atomic mass is 16.5. The number of hydrogen-bond donors (Lipinski definition) is 3. The van der Waals surface area contributed by atoms with Gasteiger partial charge < -0.3 is 20.3 Å². The maximum Gasteiger partial charge on any atom is 0.306 e. The minimum atomic E-state index is -0.783. The summed E-state index contributed by atoms with van der Waals surface area (Å²) >= 11 is 0. The molecule has 0 saturated heterocycles. The van der Waals surface area contributed by atoms with Gasteiger partial charge in [-0.05, 0) is 51.4 Å². The molecule has 0 fully saturated rings. The monoisotopic (exact) mass is 834 g/mol. The van der Waals surface area contributed by atoms with E-state index in [-0.39, 0.29) is 24.9 Å². The lowest BCUT2D eigenvalue weighted by Crippen LogP contribution is -2.46. The van der Waals surface area contributed by atoms with Crippen molar-refractivity contribution in [2.45, 2.75) is 309 Å². The number of aliphatic hydroxyl groups excluding tert-OH is 2. The van der Waals surface area contributed by atoms with E-state index in [2.05, 4.69) is 38.2 Å². The van der Waals surface area contributed by atoms with Gasteiger partial charge in [0.1, 0.15) is 6.10 Å². The topological polar surface area (TPSA) is 95.9 Å². The second-order valence-electron chi connectivity index (χ2n) is 18.3. The number of aliphatic hydroxyl groups is 2. The van der Waals surface area contributed by atoms with Crippen LogP contribution in [0.25, 0.3) is 0 Å². The summed E-state index contributed by atoms with van der Waals surface area (Å²) in [6.45, 7) is 6.49. The van der Waals surface area contributed by atoms with Gasteiger partial charge in [0, 0.05) is 6.42 Å². The Balaban J connectivity index is 4.56. The smallest absolute Gasteiger partial charge is 0.306 e. The number of allylic oxidation sites excluding steroid dienone is 2. The Bertz CT molecular complexity index is 893. The molecule has 0 aromatic heterocycles. The van der Waals surface area contributed by atoms with E-state index in [1.807, 2.05) is 0 Å². The molecule has 0 aliphatic heterocycles. The highest BCUT2D eigenvalue weighted by molar-refractivity contribution is 5.77. The molecule has 0 spiro atoms. The lowest BCUT2D eigenvalue weighted by atomic mass is 10.0. The number of hydrogen-bond acceptors (Lipinski definition) is 5. The number of amides is 1. The lowest BCUT2D eigenvalue weighted by molar-refractivity contribution is -0.151. The Morgan fingerprint density at radius 1 is 0.475 bits per heavy atom. The molecule has 0 radical (unpaired) electrons. The van der Waals surface area contributed by atoms with E-state index in [9.17, 15) is 19.8 Å². The molecule has 0 aliphatic rings. The molecule has 0 aromatic carbocycles. The summed E-state index contributed by atoms with van der Waals surface area (Å²) in [7, 11) is 0. The first-order chi connectivity index (χ1) is 29.0. The molecule has 59 heavy (non-hydrogen) atoms. The van der Waals surface area contributed by atoms with E-state index < -0.39 is 18.2 Å². The molecule has 3 atom stereocenters. The SMILES string of the molecule is CCCCCCCC/C=C/CCCCCCCC(CC(=O)NC(CO)C(O)CCCCCCCCCCCCC)OC(=O)CCCCCCCCCCCCCCCC. The van der Waals surface area contributed by atoms with Crippen molar-refractivity contribution in [1.29, 1.82) is 0 Å². The maximum absolute atomic E-state index is 13.2. The number of esters is 1. The minimum absolute atomic E-state index is 0.0789. The fraction of sp³-hybridized carbons (Fsp3) is 0.925. The van der Waals surface area contributed by atoms with Crippen LogP contribution in [0.2, 0.25) is 0 Å². The van der Waals surface area contributed by atoms with Gasteiger partial charge in [0.25, 0.3) is 0 Å². The third-order valence-corrected chi connectivity index (χ3v) is 12.3. The minimum Gasteiger partial charge on any atom is -0.462 e. The van der Waals surface area contributed by atoms with Crippen molar-refractivity contribution in [3.05, 3.63) is 12.2 Å². The van der Waals surface area contributed by atoms with E-state index in [1.54, 1.807) is 0 Å². The Morgan fingerprint density at radius 2 is 0.814 bits per heavy atom. The first-order valence-electron chi connectivity index (χ1n) is 26.4. The molecule has 1 amide bonds. The van der Waals surface area contributed by atoms with Crippen LogP contribution in [0.4, 0.5) is 0 Å². The van der Waals surface area contributed by atoms with Crippen molar-refractivity contribution in [2.24, 2.45) is 0 Å².